The molecule has 2 rings (SSSR count). The fraction of sp³-hybridized carbons (Fsp3) is 0.571. The number of hydrogen-bond acceptors (Lipinski definition) is 1. The maximum absolute atomic E-state index is 13.7. The van der Waals surface area contributed by atoms with Crippen molar-refractivity contribution in [3.05, 3.63) is 33.8 Å². The highest BCUT2D eigenvalue weighted by Crippen LogP contribution is 2.27. The minimum absolute atomic E-state index is 0.0904. The van der Waals surface area contributed by atoms with Gasteiger partial charge in [0.15, 0.2) is 0 Å². The van der Waals surface area contributed by atoms with Gasteiger partial charge in [-0.15, -0.1) is 11.6 Å². The Morgan fingerprint density at radius 2 is 2.11 bits per heavy atom. The molecule has 2 unspecified atom stereocenters. The van der Waals surface area contributed by atoms with Gasteiger partial charge in [0.2, 0.25) is 0 Å². The minimum atomic E-state index is -0.522. The van der Waals surface area contributed by atoms with E-state index in [-0.39, 0.29) is 17.5 Å². The van der Waals surface area contributed by atoms with Gasteiger partial charge in [0, 0.05) is 17.5 Å². The summed E-state index contributed by atoms with van der Waals surface area (Å²) in [6.07, 6.45) is 4.34. The van der Waals surface area contributed by atoms with E-state index in [9.17, 15) is 8.78 Å². The van der Waals surface area contributed by atoms with Crippen LogP contribution in [-0.2, 0) is 6.54 Å². The lowest BCUT2D eigenvalue weighted by Crippen LogP contribution is -2.27. The number of alkyl halides is 1. The van der Waals surface area contributed by atoms with Gasteiger partial charge in [0.25, 0.3) is 0 Å². The molecular formula is C14H17BrClF2N. The van der Waals surface area contributed by atoms with E-state index in [0.717, 1.165) is 32.2 Å². The molecule has 0 saturated heterocycles. The zero-order valence-corrected chi connectivity index (χ0v) is 12.9. The first kappa shape index (κ1) is 15.2. The molecule has 5 heteroatoms. The van der Waals surface area contributed by atoms with Crippen LogP contribution in [0, 0.1) is 17.6 Å². The first-order valence-electron chi connectivity index (χ1n) is 6.55. The third kappa shape index (κ3) is 4.14. The van der Waals surface area contributed by atoms with Crippen molar-refractivity contribution >= 4 is 27.5 Å². The molecule has 1 aliphatic carbocycles. The summed E-state index contributed by atoms with van der Waals surface area (Å²) >= 11 is 9.19. The first-order chi connectivity index (χ1) is 9.08. The van der Waals surface area contributed by atoms with Gasteiger partial charge in [0.05, 0.1) is 4.47 Å². The minimum Gasteiger partial charge on any atom is -0.312 e. The Kier molecular flexibility index (Phi) is 5.60. The van der Waals surface area contributed by atoms with E-state index in [1.165, 1.54) is 12.1 Å². The van der Waals surface area contributed by atoms with E-state index < -0.39 is 11.6 Å². The van der Waals surface area contributed by atoms with Crippen molar-refractivity contribution < 1.29 is 8.78 Å². The molecule has 1 aliphatic rings. The maximum atomic E-state index is 13.7. The number of halogens is 4. The van der Waals surface area contributed by atoms with Gasteiger partial charge in [0.1, 0.15) is 11.6 Å². The second kappa shape index (κ2) is 7.00. The van der Waals surface area contributed by atoms with Crippen LogP contribution in [0.3, 0.4) is 0 Å². The molecule has 0 bridgehead atoms. The lowest BCUT2D eigenvalue weighted by Gasteiger charge is -2.25. The maximum Gasteiger partial charge on any atom is 0.144 e. The van der Waals surface area contributed by atoms with Gasteiger partial charge in [-0.25, -0.2) is 8.78 Å². The molecule has 0 aliphatic heterocycles. The zero-order chi connectivity index (χ0) is 13.8. The standard InChI is InChI=1S/C14H17BrClF2N/c15-12-4-5-13(17)11(14(12)18)8-19-7-9-2-1-3-10(16)6-9/h4-5,9-10,19H,1-3,6-8H2. The molecule has 2 atom stereocenters. The van der Waals surface area contributed by atoms with Gasteiger partial charge in [-0.2, -0.15) is 0 Å². The number of nitrogens with one attached hydrogen (secondary N) is 1. The van der Waals surface area contributed by atoms with Crippen LogP contribution in [0.5, 0.6) is 0 Å². The van der Waals surface area contributed by atoms with Crippen LogP contribution in [0.25, 0.3) is 0 Å². The van der Waals surface area contributed by atoms with E-state index in [1.807, 2.05) is 0 Å². The Morgan fingerprint density at radius 1 is 1.32 bits per heavy atom. The topological polar surface area (TPSA) is 12.0 Å². The molecule has 0 spiro atoms. The Morgan fingerprint density at radius 3 is 2.84 bits per heavy atom. The second-order valence-corrected chi connectivity index (χ2v) is 6.55. The monoisotopic (exact) mass is 351 g/mol. The fourth-order valence-electron chi connectivity index (χ4n) is 2.54. The quantitative estimate of drug-likeness (QED) is 0.616. The first-order valence-corrected chi connectivity index (χ1v) is 7.78. The molecule has 1 nitrogen and oxygen atoms in total. The number of benzene rings is 1. The SMILES string of the molecule is Fc1ccc(Br)c(F)c1CNCC1CCCC(Cl)C1. The number of hydrogen-bond donors (Lipinski definition) is 1. The molecule has 1 aromatic rings. The van der Waals surface area contributed by atoms with Crippen LogP contribution in [0.1, 0.15) is 31.2 Å². The van der Waals surface area contributed by atoms with Crippen LogP contribution >= 0.6 is 27.5 Å². The molecule has 0 amide bonds. The van der Waals surface area contributed by atoms with Gasteiger partial charge >= 0.3 is 0 Å². The smallest absolute Gasteiger partial charge is 0.144 e. The van der Waals surface area contributed by atoms with E-state index in [0.29, 0.717) is 10.4 Å². The van der Waals surface area contributed by atoms with Crippen LogP contribution in [0.2, 0.25) is 0 Å². The molecule has 19 heavy (non-hydrogen) atoms. The third-order valence-corrected chi connectivity index (χ3v) is 4.60. The Bertz CT molecular complexity index is 442. The van der Waals surface area contributed by atoms with Crippen molar-refractivity contribution in [2.24, 2.45) is 5.92 Å². The molecule has 1 N–H and O–H groups in total. The van der Waals surface area contributed by atoms with Crippen molar-refractivity contribution in [3.63, 3.8) is 0 Å². The van der Waals surface area contributed by atoms with Gasteiger partial charge < -0.3 is 5.32 Å². The Labute approximate surface area is 125 Å². The average molecular weight is 353 g/mol. The van der Waals surface area contributed by atoms with E-state index >= 15 is 0 Å². The molecule has 0 radical (unpaired) electrons. The second-order valence-electron chi connectivity index (χ2n) is 5.08. The van der Waals surface area contributed by atoms with Crippen molar-refractivity contribution in [1.29, 1.82) is 0 Å². The van der Waals surface area contributed by atoms with Gasteiger partial charge in [-0.1, -0.05) is 6.42 Å². The summed E-state index contributed by atoms with van der Waals surface area (Å²) in [5.41, 5.74) is 0.0904. The largest absolute Gasteiger partial charge is 0.312 e. The molecule has 1 saturated carbocycles. The van der Waals surface area contributed by atoms with Crippen molar-refractivity contribution in [2.75, 3.05) is 6.54 Å². The highest BCUT2D eigenvalue weighted by Gasteiger charge is 2.20. The summed E-state index contributed by atoms with van der Waals surface area (Å²) in [7, 11) is 0. The molecule has 1 aromatic carbocycles. The lowest BCUT2D eigenvalue weighted by atomic mass is 9.89. The van der Waals surface area contributed by atoms with Crippen molar-refractivity contribution in [3.8, 4) is 0 Å². The summed E-state index contributed by atoms with van der Waals surface area (Å²) in [5.74, 6) is -0.520. The van der Waals surface area contributed by atoms with Crippen LogP contribution in [-0.4, -0.2) is 11.9 Å². The summed E-state index contributed by atoms with van der Waals surface area (Å²) in [5, 5.41) is 3.39. The highest BCUT2D eigenvalue weighted by atomic mass is 79.9. The van der Waals surface area contributed by atoms with E-state index in [4.69, 9.17) is 11.6 Å². The van der Waals surface area contributed by atoms with Crippen molar-refractivity contribution in [2.45, 2.75) is 37.6 Å². The predicted octanol–water partition coefficient (Wildman–Crippen LogP) is 4.61. The lowest BCUT2D eigenvalue weighted by molar-refractivity contribution is 0.344. The van der Waals surface area contributed by atoms with Crippen LogP contribution in [0.4, 0.5) is 8.78 Å². The summed E-state index contributed by atoms with van der Waals surface area (Å²) in [6.45, 7) is 0.967. The van der Waals surface area contributed by atoms with Crippen molar-refractivity contribution in [1.82, 2.24) is 5.32 Å². The summed E-state index contributed by atoms with van der Waals surface area (Å²) in [6, 6.07) is 2.66. The van der Waals surface area contributed by atoms with Gasteiger partial charge in [-0.05, 0) is 59.8 Å². The molecule has 0 aromatic heterocycles. The normalized spacial score (nSPS) is 23.6. The summed E-state index contributed by atoms with van der Waals surface area (Å²) < 4.78 is 27.6. The number of rotatable bonds is 4. The Hall–Kier alpha value is -0.190. The molecule has 0 heterocycles. The van der Waals surface area contributed by atoms with Crippen LogP contribution in [0.15, 0.2) is 16.6 Å². The predicted molar refractivity (Wildman–Crippen MR) is 77.4 cm³/mol. The molecular weight excluding hydrogens is 336 g/mol. The Balaban J connectivity index is 1.87. The van der Waals surface area contributed by atoms with Crippen LogP contribution < -0.4 is 5.32 Å². The van der Waals surface area contributed by atoms with E-state index in [1.54, 1.807) is 0 Å². The third-order valence-electron chi connectivity index (χ3n) is 3.59. The van der Waals surface area contributed by atoms with Gasteiger partial charge in [-0.3, -0.25) is 0 Å². The zero-order valence-electron chi connectivity index (χ0n) is 10.6. The highest BCUT2D eigenvalue weighted by molar-refractivity contribution is 9.10. The average Bonchev–Trinajstić information content (AvgIpc) is 2.38. The van der Waals surface area contributed by atoms with E-state index in [2.05, 4.69) is 21.2 Å². The summed E-state index contributed by atoms with van der Waals surface area (Å²) in [4.78, 5) is 0. The molecule has 106 valence electrons. The molecule has 1 fully saturated rings. The fourth-order valence-corrected chi connectivity index (χ4v) is 3.32.